The molecule has 1 aliphatic heterocycles. The maximum Gasteiger partial charge on any atom is 0.418 e. The molecule has 0 amide bonds. The summed E-state index contributed by atoms with van der Waals surface area (Å²) >= 11 is 0. The molecule has 0 radical (unpaired) electrons. The van der Waals surface area contributed by atoms with Gasteiger partial charge in [0.25, 0.3) is 0 Å². The zero-order valence-electron chi connectivity index (χ0n) is 19.3. The number of hydrogen-bond acceptors (Lipinski definition) is 6. The van der Waals surface area contributed by atoms with Crippen molar-refractivity contribution in [2.75, 3.05) is 32.2 Å². The third-order valence-corrected chi connectivity index (χ3v) is 5.93. The number of alkyl halides is 3. The van der Waals surface area contributed by atoms with E-state index in [1.165, 1.54) is 16.8 Å². The number of carbonyl (C=O) groups is 2. The van der Waals surface area contributed by atoms with Gasteiger partial charge in [0.1, 0.15) is 11.3 Å². The van der Waals surface area contributed by atoms with Crippen molar-refractivity contribution in [1.82, 2.24) is 9.78 Å². The Morgan fingerprint density at radius 3 is 2.17 bits per heavy atom. The topological polar surface area (TPSA) is 73.7 Å². The molecule has 0 atom stereocenters. The summed E-state index contributed by atoms with van der Waals surface area (Å²) in [5.74, 6) is -1.80. The van der Waals surface area contributed by atoms with Crippen LogP contribution in [-0.2, 0) is 15.7 Å². The van der Waals surface area contributed by atoms with Crippen LogP contribution in [0.4, 0.5) is 18.9 Å². The molecular weight excluding hydrogens is 463 g/mol. The van der Waals surface area contributed by atoms with Crippen LogP contribution in [-0.4, -0.2) is 49.0 Å². The molecule has 0 aliphatic carbocycles. The van der Waals surface area contributed by atoms with Crippen LogP contribution in [0.2, 0.25) is 0 Å². The largest absolute Gasteiger partial charge is 0.465 e. The van der Waals surface area contributed by atoms with E-state index in [1.807, 2.05) is 0 Å². The first-order valence-corrected chi connectivity index (χ1v) is 11.1. The van der Waals surface area contributed by atoms with E-state index in [0.29, 0.717) is 18.8 Å². The Labute approximate surface area is 200 Å². The fraction of sp³-hybridized carbons (Fsp3) is 0.320. The Hall–Kier alpha value is -3.82. The first kappa shape index (κ1) is 24.3. The van der Waals surface area contributed by atoms with Crippen molar-refractivity contribution in [3.63, 3.8) is 0 Å². The van der Waals surface area contributed by atoms with Gasteiger partial charge in [0.2, 0.25) is 0 Å². The lowest BCUT2D eigenvalue weighted by atomic mass is 10.00. The minimum absolute atomic E-state index is 0.0262. The first-order chi connectivity index (χ1) is 16.8. The molecule has 1 saturated heterocycles. The zero-order valence-corrected chi connectivity index (χ0v) is 19.3. The van der Waals surface area contributed by atoms with Gasteiger partial charge in [-0.2, -0.15) is 18.3 Å². The maximum absolute atomic E-state index is 14.1. The summed E-state index contributed by atoms with van der Waals surface area (Å²) < 4.78 is 53.3. The third kappa shape index (κ3) is 4.73. The van der Waals surface area contributed by atoms with Crippen molar-refractivity contribution in [3.05, 3.63) is 65.4 Å². The van der Waals surface area contributed by atoms with Crippen molar-refractivity contribution in [1.29, 1.82) is 0 Å². The monoisotopic (exact) mass is 487 g/mol. The summed E-state index contributed by atoms with van der Waals surface area (Å²) in [6.45, 7) is 1.07. The van der Waals surface area contributed by atoms with Crippen molar-refractivity contribution in [2.24, 2.45) is 0 Å². The summed E-state index contributed by atoms with van der Waals surface area (Å²) in [6.07, 6.45) is -2.03. The molecule has 7 nitrogen and oxygen atoms in total. The van der Waals surface area contributed by atoms with E-state index in [9.17, 15) is 22.8 Å². The number of aromatic nitrogens is 2. The number of benzene rings is 2. The Bertz CT molecular complexity index is 1230. The Morgan fingerprint density at radius 1 is 0.914 bits per heavy atom. The summed E-state index contributed by atoms with van der Waals surface area (Å²) in [5, 5.41) is 4.39. The molecule has 0 spiro atoms. The van der Waals surface area contributed by atoms with Gasteiger partial charge in [-0.25, -0.2) is 14.3 Å². The highest BCUT2D eigenvalue weighted by molar-refractivity contribution is 6.07. The molecule has 4 rings (SSSR count). The van der Waals surface area contributed by atoms with E-state index in [2.05, 4.69) is 5.10 Å². The highest BCUT2D eigenvalue weighted by atomic mass is 19.4. The van der Waals surface area contributed by atoms with Gasteiger partial charge in [-0.05, 0) is 43.5 Å². The van der Waals surface area contributed by atoms with Crippen LogP contribution >= 0.6 is 0 Å². The zero-order chi connectivity index (χ0) is 25.2. The number of carbonyl (C=O) groups excluding carboxylic acids is 2. The second-order valence-electron chi connectivity index (χ2n) is 8.08. The van der Waals surface area contributed by atoms with Gasteiger partial charge in [0.05, 0.1) is 25.5 Å². The average molecular weight is 487 g/mol. The van der Waals surface area contributed by atoms with Crippen LogP contribution in [0.15, 0.2) is 48.5 Å². The van der Waals surface area contributed by atoms with Crippen LogP contribution < -0.4 is 4.90 Å². The predicted molar refractivity (Wildman–Crippen MR) is 123 cm³/mol. The van der Waals surface area contributed by atoms with E-state index in [1.54, 1.807) is 35.2 Å². The Morgan fingerprint density at radius 2 is 1.57 bits per heavy atom. The fourth-order valence-corrected chi connectivity index (χ4v) is 4.28. The van der Waals surface area contributed by atoms with E-state index in [-0.39, 0.29) is 28.2 Å². The number of halogens is 3. The van der Waals surface area contributed by atoms with Crippen LogP contribution in [0.3, 0.4) is 0 Å². The summed E-state index contributed by atoms with van der Waals surface area (Å²) in [4.78, 5) is 27.2. The number of anilines is 1. The SMILES string of the molecule is COC(=O)c1c(-c2ccc(N3CCCCC3)c(C(F)(F)F)c2)nn(-c2ccccc2)c1C(=O)OC. The van der Waals surface area contributed by atoms with Gasteiger partial charge < -0.3 is 14.4 Å². The predicted octanol–water partition coefficient (Wildman–Crippen LogP) is 5.12. The van der Waals surface area contributed by atoms with Gasteiger partial charge >= 0.3 is 18.1 Å². The van der Waals surface area contributed by atoms with Crippen LogP contribution in [0, 0.1) is 0 Å². The van der Waals surface area contributed by atoms with E-state index < -0.39 is 23.7 Å². The van der Waals surface area contributed by atoms with Gasteiger partial charge in [0.15, 0.2) is 5.69 Å². The number of esters is 2. The fourth-order valence-electron chi connectivity index (χ4n) is 4.28. The normalized spacial score (nSPS) is 14.0. The van der Waals surface area contributed by atoms with Gasteiger partial charge in [-0.1, -0.05) is 24.3 Å². The molecule has 10 heteroatoms. The van der Waals surface area contributed by atoms with Gasteiger partial charge in [0, 0.05) is 24.3 Å². The number of rotatable bonds is 5. The lowest BCUT2D eigenvalue weighted by Crippen LogP contribution is -2.31. The molecule has 0 N–H and O–H groups in total. The summed E-state index contributed by atoms with van der Waals surface area (Å²) in [6, 6.07) is 12.3. The van der Waals surface area contributed by atoms with E-state index in [4.69, 9.17) is 9.47 Å². The molecular formula is C25H24F3N3O4. The molecule has 184 valence electrons. The minimum atomic E-state index is -4.64. The van der Waals surface area contributed by atoms with Crippen molar-refractivity contribution >= 4 is 17.6 Å². The Balaban J connectivity index is 1.96. The number of ether oxygens (including phenoxy) is 2. The molecule has 1 fully saturated rings. The third-order valence-electron chi connectivity index (χ3n) is 5.93. The number of para-hydroxylation sites is 1. The van der Waals surface area contributed by atoms with E-state index in [0.717, 1.165) is 39.5 Å². The van der Waals surface area contributed by atoms with Gasteiger partial charge in [-0.15, -0.1) is 0 Å². The van der Waals surface area contributed by atoms with Crippen LogP contribution in [0.1, 0.15) is 45.7 Å². The number of hydrogen-bond donors (Lipinski definition) is 0. The molecule has 2 aromatic carbocycles. The molecule has 1 aromatic heterocycles. The van der Waals surface area contributed by atoms with Crippen molar-refractivity contribution < 1.29 is 32.2 Å². The highest BCUT2D eigenvalue weighted by Gasteiger charge is 2.37. The molecule has 0 unspecified atom stereocenters. The number of nitrogens with zero attached hydrogens (tertiary/aromatic N) is 3. The molecule has 0 saturated carbocycles. The highest BCUT2D eigenvalue weighted by Crippen LogP contribution is 2.41. The van der Waals surface area contributed by atoms with E-state index >= 15 is 0 Å². The van der Waals surface area contributed by atoms with Gasteiger partial charge in [-0.3, -0.25) is 0 Å². The quantitative estimate of drug-likeness (QED) is 0.465. The number of piperidine rings is 1. The smallest absolute Gasteiger partial charge is 0.418 e. The van der Waals surface area contributed by atoms with Crippen LogP contribution in [0.25, 0.3) is 16.9 Å². The lowest BCUT2D eigenvalue weighted by Gasteiger charge is -2.31. The molecule has 35 heavy (non-hydrogen) atoms. The molecule has 2 heterocycles. The maximum atomic E-state index is 14.1. The summed E-state index contributed by atoms with van der Waals surface area (Å²) in [7, 11) is 2.26. The number of methoxy groups -OCH3 is 2. The minimum Gasteiger partial charge on any atom is -0.465 e. The first-order valence-electron chi connectivity index (χ1n) is 11.1. The molecule has 1 aliphatic rings. The average Bonchev–Trinajstić information content (AvgIpc) is 3.28. The van der Waals surface area contributed by atoms with Crippen LogP contribution in [0.5, 0.6) is 0 Å². The molecule has 3 aromatic rings. The standard InChI is InChI=1S/C25H24F3N3O4/c1-34-23(32)20-21(29-31(22(20)24(33)35-2)17-9-5-3-6-10-17)16-11-12-19(18(15-16)25(26,27)28)30-13-7-4-8-14-30/h3,5-6,9-12,15H,4,7-8,13-14H2,1-2H3. The second kappa shape index (κ2) is 9.81. The summed E-state index contributed by atoms with van der Waals surface area (Å²) in [5.41, 5.74) is -0.936. The second-order valence-corrected chi connectivity index (χ2v) is 8.08. The lowest BCUT2D eigenvalue weighted by molar-refractivity contribution is -0.137. The molecule has 0 bridgehead atoms. The van der Waals surface area contributed by atoms with Crippen molar-refractivity contribution in [3.8, 4) is 16.9 Å². The van der Waals surface area contributed by atoms with Crippen molar-refractivity contribution in [2.45, 2.75) is 25.4 Å². The Kier molecular flexibility index (Phi) is 6.81.